The quantitative estimate of drug-likeness (QED) is 0.786. The highest BCUT2D eigenvalue weighted by atomic mass is 32.2. The summed E-state index contributed by atoms with van der Waals surface area (Å²) in [7, 11) is 2.17. The second kappa shape index (κ2) is 7.58. The Hall–Kier alpha value is -0.670. The lowest BCUT2D eigenvalue weighted by atomic mass is 10.2. The first-order chi connectivity index (χ1) is 7.72. The van der Waals surface area contributed by atoms with E-state index in [4.69, 9.17) is 0 Å². The fraction of sp³-hybridized carbons (Fsp3) is 0.538. The van der Waals surface area contributed by atoms with E-state index in [1.807, 2.05) is 11.8 Å². The van der Waals surface area contributed by atoms with Gasteiger partial charge in [0.2, 0.25) is 0 Å². The van der Waals surface area contributed by atoms with Crippen molar-refractivity contribution in [2.24, 2.45) is 0 Å². The summed E-state index contributed by atoms with van der Waals surface area (Å²) in [5.41, 5.74) is 2.53. The molecular weight excluding hydrogens is 216 g/mol. The molecule has 16 heavy (non-hydrogen) atoms. The fourth-order valence-corrected chi connectivity index (χ4v) is 2.00. The van der Waals surface area contributed by atoms with Gasteiger partial charge in [-0.2, -0.15) is 11.8 Å². The molecule has 90 valence electrons. The molecule has 0 saturated heterocycles. The van der Waals surface area contributed by atoms with Crippen molar-refractivity contribution in [2.45, 2.75) is 6.92 Å². The first kappa shape index (κ1) is 13.4. The van der Waals surface area contributed by atoms with Crippen LogP contribution in [-0.4, -0.2) is 43.6 Å². The standard InChI is InChI=1S/C13H22N2S/c1-12-5-4-6-13(11-12)14-7-8-15(2)9-10-16-3/h4-6,11,14H,7-10H2,1-3H3. The zero-order chi connectivity index (χ0) is 11.8. The van der Waals surface area contributed by atoms with Crippen molar-refractivity contribution >= 4 is 17.4 Å². The van der Waals surface area contributed by atoms with Crippen molar-refractivity contribution in [3.8, 4) is 0 Å². The topological polar surface area (TPSA) is 15.3 Å². The van der Waals surface area contributed by atoms with Crippen LogP contribution in [0.15, 0.2) is 24.3 Å². The molecule has 0 heterocycles. The first-order valence-electron chi connectivity index (χ1n) is 5.70. The van der Waals surface area contributed by atoms with Crippen molar-refractivity contribution in [3.63, 3.8) is 0 Å². The van der Waals surface area contributed by atoms with Crippen molar-refractivity contribution in [3.05, 3.63) is 29.8 Å². The third-order valence-electron chi connectivity index (χ3n) is 2.52. The van der Waals surface area contributed by atoms with Crippen molar-refractivity contribution in [1.82, 2.24) is 4.90 Å². The molecule has 0 spiro atoms. The minimum atomic E-state index is 1.01. The third kappa shape index (κ3) is 5.42. The number of benzene rings is 1. The summed E-state index contributed by atoms with van der Waals surface area (Å²) in [5.74, 6) is 1.21. The normalized spacial score (nSPS) is 10.8. The zero-order valence-electron chi connectivity index (χ0n) is 10.5. The SMILES string of the molecule is CSCCN(C)CCNc1cccc(C)c1. The number of hydrogen-bond acceptors (Lipinski definition) is 3. The number of rotatable bonds is 7. The zero-order valence-corrected chi connectivity index (χ0v) is 11.3. The summed E-state index contributed by atoms with van der Waals surface area (Å²) in [5, 5.41) is 3.44. The molecule has 1 aromatic rings. The molecule has 1 rings (SSSR count). The Morgan fingerprint density at radius 1 is 1.31 bits per heavy atom. The van der Waals surface area contributed by atoms with Crippen LogP contribution in [0.1, 0.15) is 5.56 Å². The molecule has 1 aromatic carbocycles. The van der Waals surface area contributed by atoms with Gasteiger partial charge in [-0.3, -0.25) is 0 Å². The van der Waals surface area contributed by atoms with Gasteiger partial charge < -0.3 is 10.2 Å². The van der Waals surface area contributed by atoms with Crippen molar-refractivity contribution in [2.75, 3.05) is 44.0 Å². The molecule has 0 amide bonds. The highest BCUT2D eigenvalue weighted by Crippen LogP contribution is 2.08. The number of nitrogens with zero attached hydrogens (tertiary/aromatic N) is 1. The highest BCUT2D eigenvalue weighted by molar-refractivity contribution is 7.98. The van der Waals surface area contributed by atoms with E-state index < -0.39 is 0 Å². The number of likely N-dealkylation sites (N-methyl/N-ethyl adjacent to an activating group) is 1. The van der Waals surface area contributed by atoms with Gasteiger partial charge in [-0.1, -0.05) is 12.1 Å². The van der Waals surface area contributed by atoms with E-state index in [0.29, 0.717) is 0 Å². The van der Waals surface area contributed by atoms with E-state index in [-0.39, 0.29) is 0 Å². The van der Waals surface area contributed by atoms with Crippen LogP contribution in [0.5, 0.6) is 0 Å². The maximum absolute atomic E-state index is 3.44. The smallest absolute Gasteiger partial charge is 0.0343 e. The van der Waals surface area contributed by atoms with Crippen LogP contribution in [0.4, 0.5) is 5.69 Å². The first-order valence-corrected chi connectivity index (χ1v) is 7.10. The molecule has 0 unspecified atom stereocenters. The van der Waals surface area contributed by atoms with Gasteiger partial charge >= 0.3 is 0 Å². The monoisotopic (exact) mass is 238 g/mol. The largest absolute Gasteiger partial charge is 0.384 e. The summed E-state index contributed by atoms with van der Waals surface area (Å²) in [6, 6.07) is 8.52. The van der Waals surface area contributed by atoms with E-state index in [0.717, 1.165) is 19.6 Å². The molecule has 2 nitrogen and oxygen atoms in total. The maximum atomic E-state index is 3.44. The molecule has 0 fully saturated rings. The predicted molar refractivity (Wildman–Crippen MR) is 75.5 cm³/mol. The lowest BCUT2D eigenvalue weighted by molar-refractivity contribution is 0.370. The summed E-state index contributed by atoms with van der Waals surface area (Å²) in [6.45, 7) is 5.38. The summed E-state index contributed by atoms with van der Waals surface area (Å²) in [6.07, 6.45) is 2.15. The average Bonchev–Trinajstić information content (AvgIpc) is 2.26. The number of thioether (sulfide) groups is 1. The molecule has 0 aromatic heterocycles. The molecule has 0 bridgehead atoms. The van der Waals surface area contributed by atoms with Gasteiger partial charge in [0.05, 0.1) is 0 Å². The van der Waals surface area contributed by atoms with Crippen LogP contribution >= 0.6 is 11.8 Å². The molecule has 0 atom stereocenters. The molecule has 0 radical (unpaired) electrons. The van der Waals surface area contributed by atoms with Crippen LogP contribution < -0.4 is 5.32 Å². The average molecular weight is 238 g/mol. The van der Waals surface area contributed by atoms with Gasteiger partial charge in [0.25, 0.3) is 0 Å². The Balaban J connectivity index is 2.20. The molecule has 0 aliphatic rings. The lowest BCUT2D eigenvalue weighted by Gasteiger charge is -2.16. The van der Waals surface area contributed by atoms with Crippen LogP contribution in [0.2, 0.25) is 0 Å². The van der Waals surface area contributed by atoms with Gasteiger partial charge in [0, 0.05) is 31.1 Å². The minimum Gasteiger partial charge on any atom is -0.384 e. The second-order valence-electron chi connectivity index (χ2n) is 4.09. The number of aryl methyl sites for hydroxylation is 1. The van der Waals surface area contributed by atoms with Crippen LogP contribution in [-0.2, 0) is 0 Å². The van der Waals surface area contributed by atoms with Gasteiger partial charge in [-0.15, -0.1) is 0 Å². The molecule has 0 saturated carbocycles. The molecular formula is C13H22N2S. The summed E-state index contributed by atoms with van der Waals surface area (Å²) >= 11 is 1.90. The highest BCUT2D eigenvalue weighted by Gasteiger charge is 1.97. The Morgan fingerprint density at radius 3 is 2.81 bits per heavy atom. The van der Waals surface area contributed by atoms with Gasteiger partial charge in [0.1, 0.15) is 0 Å². The maximum Gasteiger partial charge on any atom is 0.0343 e. The lowest BCUT2D eigenvalue weighted by Crippen LogP contribution is -2.27. The molecule has 1 N–H and O–H groups in total. The van der Waals surface area contributed by atoms with E-state index in [1.54, 1.807) is 0 Å². The van der Waals surface area contributed by atoms with Crippen LogP contribution in [0.3, 0.4) is 0 Å². The summed E-state index contributed by atoms with van der Waals surface area (Å²) in [4.78, 5) is 2.36. The van der Waals surface area contributed by atoms with E-state index in [9.17, 15) is 0 Å². The Bertz CT molecular complexity index is 302. The number of hydrogen-bond donors (Lipinski definition) is 1. The van der Waals surface area contributed by atoms with Crippen LogP contribution in [0.25, 0.3) is 0 Å². The third-order valence-corrected chi connectivity index (χ3v) is 3.11. The molecule has 3 heteroatoms. The van der Waals surface area contributed by atoms with Gasteiger partial charge in [-0.05, 0) is 37.9 Å². The van der Waals surface area contributed by atoms with Gasteiger partial charge in [-0.25, -0.2) is 0 Å². The fourth-order valence-electron chi connectivity index (χ4n) is 1.51. The summed E-state index contributed by atoms with van der Waals surface area (Å²) < 4.78 is 0. The predicted octanol–water partition coefficient (Wildman–Crippen LogP) is 2.70. The number of nitrogens with one attached hydrogen (secondary N) is 1. The molecule has 0 aliphatic heterocycles. The Morgan fingerprint density at radius 2 is 2.12 bits per heavy atom. The van der Waals surface area contributed by atoms with E-state index in [2.05, 4.69) is 54.7 Å². The Kier molecular flexibility index (Phi) is 6.34. The Labute approximate surface area is 103 Å². The van der Waals surface area contributed by atoms with Gasteiger partial charge in [0.15, 0.2) is 0 Å². The van der Waals surface area contributed by atoms with Crippen molar-refractivity contribution in [1.29, 1.82) is 0 Å². The molecule has 0 aliphatic carbocycles. The minimum absolute atomic E-state index is 1.01. The van der Waals surface area contributed by atoms with E-state index in [1.165, 1.54) is 17.0 Å². The van der Waals surface area contributed by atoms with Crippen molar-refractivity contribution < 1.29 is 0 Å². The number of anilines is 1. The van der Waals surface area contributed by atoms with E-state index >= 15 is 0 Å². The second-order valence-corrected chi connectivity index (χ2v) is 5.08. The van der Waals surface area contributed by atoms with Crippen LogP contribution in [0, 0.1) is 6.92 Å².